The van der Waals surface area contributed by atoms with E-state index in [0.29, 0.717) is 21.3 Å². The van der Waals surface area contributed by atoms with E-state index in [0.717, 1.165) is 4.90 Å². The minimum absolute atomic E-state index is 0.0549. The molecule has 1 heterocycles. The first kappa shape index (κ1) is 22.8. The number of carbonyl (C=O) groups is 2. The van der Waals surface area contributed by atoms with Crippen LogP contribution in [-0.4, -0.2) is 16.9 Å². The first-order chi connectivity index (χ1) is 15.8. The zero-order valence-corrected chi connectivity index (χ0v) is 19.3. The third-order valence-electron chi connectivity index (χ3n) is 4.75. The Morgan fingerprint density at radius 2 is 1.82 bits per heavy atom. The standard InChI is InChI=1S/C24H15BrF2N2O3S/c25-18-12-14(8-9-21(18)32-13-15-4-3-5-16(26)10-15)11-17-22(30)28-24(33)29(23(17)31)20-7-2-1-6-19(20)27/h1-12H,13H2,(H,28,30,33)/b17-11+. The van der Waals surface area contributed by atoms with Crippen LogP contribution in [-0.2, 0) is 16.2 Å². The molecule has 0 unspecified atom stereocenters. The number of amides is 2. The lowest BCUT2D eigenvalue weighted by atomic mass is 10.1. The smallest absolute Gasteiger partial charge is 0.270 e. The molecule has 9 heteroatoms. The second-order valence-electron chi connectivity index (χ2n) is 7.02. The van der Waals surface area contributed by atoms with Crippen LogP contribution in [0, 0.1) is 11.6 Å². The molecule has 0 saturated carbocycles. The fourth-order valence-electron chi connectivity index (χ4n) is 3.19. The van der Waals surface area contributed by atoms with Crippen molar-refractivity contribution in [2.24, 2.45) is 0 Å². The maximum Gasteiger partial charge on any atom is 0.270 e. The zero-order valence-electron chi connectivity index (χ0n) is 16.8. The predicted molar refractivity (Wildman–Crippen MR) is 127 cm³/mol. The van der Waals surface area contributed by atoms with Crippen LogP contribution in [0.4, 0.5) is 14.5 Å². The first-order valence-corrected chi connectivity index (χ1v) is 10.9. The summed E-state index contributed by atoms with van der Waals surface area (Å²) >= 11 is 8.49. The molecule has 2 amide bonds. The average molecular weight is 529 g/mol. The van der Waals surface area contributed by atoms with Gasteiger partial charge in [0.2, 0.25) is 0 Å². The molecule has 0 radical (unpaired) electrons. The Morgan fingerprint density at radius 3 is 2.55 bits per heavy atom. The highest BCUT2D eigenvalue weighted by Gasteiger charge is 2.35. The van der Waals surface area contributed by atoms with Gasteiger partial charge in [0.1, 0.15) is 29.6 Å². The Bertz CT molecular complexity index is 1310. The molecule has 4 rings (SSSR count). The second kappa shape index (κ2) is 9.60. The number of thiocarbonyl (C=S) groups is 1. The van der Waals surface area contributed by atoms with Crippen LogP contribution in [0.15, 0.2) is 76.8 Å². The largest absolute Gasteiger partial charge is 0.488 e. The maximum absolute atomic E-state index is 14.3. The summed E-state index contributed by atoms with van der Waals surface area (Å²) in [5.74, 6) is -1.92. The van der Waals surface area contributed by atoms with Gasteiger partial charge in [-0.25, -0.2) is 13.7 Å². The van der Waals surface area contributed by atoms with Gasteiger partial charge in [0.15, 0.2) is 5.11 Å². The van der Waals surface area contributed by atoms with Crippen LogP contribution < -0.4 is 15.0 Å². The molecule has 1 aliphatic heterocycles. The van der Waals surface area contributed by atoms with Crippen LogP contribution in [0.25, 0.3) is 6.08 Å². The van der Waals surface area contributed by atoms with Crippen molar-refractivity contribution < 1.29 is 23.1 Å². The molecular weight excluding hydrogens is 514 g/mol. The van der Waals surface area contributed by atoms with E-state index in [4.69, 9.17) is 17.0 Å². The van der Waals surface area contributed by atoms with Gasteiger partial charge in [0.25, 0.3) is 11.8 Å². The van der Waals surface area contributed by atoms with E-state index in [2.05, 4.69) is 21.2 Å². The van der Waals surface area contributed by atoms with Crippen molar-refractivity contribution in [3.8, 4) is 5.75 Å². The minimum atomic E-state index is -0.739. The molecule has 0 aliphatic carbocycles. The molecule has 33 heavy (non-hydrogen) atoms. The lowest BCUT2D eigenvalue weighted by Crippen LogP contribution is -2.54. The quantitative estimate of drug-likeness (QED) is 0.283. The Balaban J connectivity index is 1.57. The normalized spacial score (nSPS) is 15.1. The molecule has 1 N–H and O–H groups in total. The number of para-hydroxylation sites is 1. The number of hydrogen-bond acceptors (Lipinski definition) is 4. The van der Waals surface area contributed by atoms with E-state index >= 15 is 0 Å². The van der Waals surface area contributed by atoms with E-state index in [9.17, 15) is 18.4 Å². The van der Waals surface area contributed by atoms with Gasteiger partial charge in [-0.15, -0.1) is 0 Å². The summed E-state index contributed by atoms with van der Waals surface area (Å²) < 4.78 is 33.9. The highest BCUT2D eigenvalue weighted by Crippen LogP contribution is 2.29. The SMILES string of the molecule is O=C1NC(=S)N(c2ccccc2F)C(=O)/C1=C/c1ccc(OCc2cccc(F)c2)c(Br)c1. The maximum atomic E-state index is 14.3. The third kappa shape index (κ3) is 4.99. The van der Waals surface area contributed by atoms with Crippen molar-refractivity contribution in [2.45, 2.75) is 6.61 Å². The van der Waals surface area contributed by atoms with Crippen molar-refractivity contribution in [2.75, 3.05) is 4.90 Å². The Hall–Kier alpha value is -3.43. The lowest BCUT2D eigenvalue weighted by Gasteiger charge is -2.29. The van der Waals surface area contributed by atoms with Gasteiger partial charge >= 0.3 is 0 Å². The van der Waals surface area contributed by atoms with Crippen LogP contribution in [0.2, 0.25) is 0 Å². The topological polar surface area (TPSA) is 58.6 Å². The number of carbonyl (C=O) groups excluding carboxylic acids is 2. The second-order valence-corrected chi connectivity index (χ2v) is 8.26. The highest BCUT2D eigenvalue weighted by molar-refractivity contribution is 9.10. The van der Waals surface area contributed by atoms with E-state index in [-0.39, 0.29) is 28.8 Å². The number of nitrogens with zero attached hydrogens (tertiary/aromatic N) is 1. The van der Waals surface area contributed by atoms with Gasteiger partial charge in [-0.3, -0.25) is 14.9 Å². The summed E-state index contributed by atoms with van der Waals surface area (Å²) in [7, 11) is 0. The van der Waals surface area contributed by atoms with Crippen molar-refractivity contribution in [3.05, 3.63) is 99.5 Å². The highest BCUT2D eigenvalue weighted by atomic mass is 79.9. The van der Waals surface area contributed by atoms with Crippen LogP contribution >= 0.6 is 28.1 Å². The summed E-state index contributed by atoms with van der Waals surface area (Å²) in [5.41, 5.74) is 0.939. The Morgan fingerprint density at radius 1 is 1.03 bits per heavy atom. The lowest BCUT2D eigenvalue weighted by molar-refractivity contribution is -0.122. The van der Waals surface area contributed by atoms with Gasteiger partial charge in [-0.2, -0.15) is 0 Å². The summed E-state index contributed by atoms with van der Waals surface area (Å²) in [6.45, 7) is 0.159. The van der Waals surface area contributed by atoms with Crippen molar-refractivity contribution in [1.82, 2.24) is 5.32 Å². The Labute approximate surface area is 201 Å². The van der Waals surface area contributed by atoms with E-state index in [1.807, 2.05) is 0 Å². The average Bonchev–Trinajstić information content (AvgIpc) is 2.77. The van der Waals surface area contributed by atoms with Gasteiger partial charge in [0.05, 0.1) is 10.2 Å². The van der Waals surface area contributed by atoms with Gasteiger partial charge in [0, 0.05) is 0 Å². The number of rotatable bonds is 5. The predicted octanol–water partition coefficient (Wildman–Crippen LogP) is 5.14. The molecule has 1 saturated heterocycles. The van der Waals surface area contributed by atoms with E-state index in [1.165, 1.54) is 36.4 Å². The molecule has 3 aromatic carbocycles. The number of hydrogen-bond donors (Lipinski definition) is 1. The van der Waals surface area contributed by atoms with Crippen LogP contribution in [0.1, 0.15) is 11.1 Å². The Kier molecular flexibility index (Phi) is 6.62. The number of halogens is 3. The zero-order chi connectivity index (χ0) is 23.5. The molecule has 1 fully saturated rings. The fourth-order valence-corrected chi connectivity index (χ4v) is 3.97. The fraction of sp³-hybridized carbons (Fsp3) is 0.0417. The summed E-state index contributed by atoms with van der Waals surface area (Å²) in [5, 5.41) is 2.22. The minimum Gasteiger partial charge on any atom is -0.488 e. The van der Waals surface area contributed by atoms with E-state index in [1.54, 1.807) is 36.4 Å². The number of benzene rings is 3. The number of ether oxygens (including phenoxy) is 1. The number of nitrogens with one attached hydrogen (secondary N) is 1. The summed E-state index contributed by atoms with van der Waals surface area (Å²) in [6, 6.07) is 16.7. The summed E-state index contributed by atoms with van der Waals surface area (Å²) in [4.78, 5) is 26.4. The van der Waals surface area contributed by atoms with Crippen LogP contribution in [0.5, 0.6) is 5.75 Å². The van der Waals surface area contributed by atoms with Gasteiger partial charge in [-0.1, -0.05) is 30.3 Å². The van der Waals surface area contributed by atoms with Crippen molar-refractivity contribution >= 4 is 56.8 Å². The molecule has 0 bridgehead atoms. The van der Waals surface area contributed by atoms with Crippen LogP contribution in [0.3, 0.4) is 0 Å². The monoisotopic (exact) mass is 528 g/mol. The van der Waals surface area contributed by atoms with Crippen molar-refractivity contribution in [1.29, 1.82) is 0 Å². The van der Waals surface area contributed by atoms with E-state index < -0.39 is 17.6 Å². The molecule has 3 aromatic rings. The first-order valence-electron chi connectivity index (χ1n) is 9.66. The molecule has 166 valence electrons. The van der Waals surface area contributed by atoms with Crippen molar-refractivity contribution in [3.63, 3.8) is 0 Å². The molecule has 1 aliphatic rings. The molecule has 5 nitrogen and oxygen atoms in total. The third-order valence-corrected chi connectivity index (χ3v) is 5.65. The molecular formula is C24H15BrF2N2O3S. The summed E-state index contributed by atoms with van der Waals surface area (Å²) in [6.07, 6.45) is 1.38. The van der Waals surface area contributed by atoms with Gasteiger partial charge < -0.3 is 4.74 Å². The molecule has 0 spiro atoms. The number of anilines is 1. The molecule has 0 aromatic heterocycles. The van der Waals surface area contributed by atoms with Gasteiger partial charge in [-0.05, 0) is 81.7 Å². The molecule has 0 atom stereocenters.